The van der Waals surface area contributed by atoms with Gasteiger partial charge in [0, 0.05) is 19.6 Å². The van der Waals surface area contributed by atoms with Crippen LogP contribution in [0.4, 0.5) is 4.79 Å². The molecule has 1 rings (SSSR count). The number of aliphatic hydroxyl groups is 1. The first kappa shape index (κ1) is 16.9. The van der Waals surface area contributed by atoms with Gasteiger partial charge in [0.15, 0.2) is 0 Å². The third kappa shape index (κ3) is 4.73. The lowest BCUT2D eigenvalue weighted by molar-refractivity contribution is -0.160. The summed E-state index contributed by atoms with van der Waals surface area (Å²) in [5.41, 5.74) is -0.439. The molecule has 3 amide bonds. The summed E-state index contributed by atoms with van der Waals surface area (Å²) in [6.45, 7) is 8.74. The number of nitrogens with one attached hydrogen (secondary N) is 2. The van der Waals surface area contributed by atoms with Crippen LogP contribution in [0.25, 0.3) is 0 Å². The predicted octanol–water partition coefficient (Wildman–Crippen LogP) is -0.308. The molecule has 1 heterocycles. The number of carbonyl (C=O) groups is 2. The van der Waals surface area contributed by atoms with Gasteiger partial charge in [0.2, 0.25) is 5.91 Å². The SMILES string of the molecule is CCNC(=O)NC(=O)C(C)N1CC(CO)OC(C)(C)C1. The molecule has 2 atom stereocenters. The van der Waals surface area contributed by atoms with E-state index >= 15 is 0 Å². The van der Waals surface area contributed by atoms with Gasteiger partial charge in [-0.25, -0.2) is 4.79 Å². The van der Waals surface area contributed by atoms with Crippen LogP contribution < -0.4 is 10.6 Å². The van der Waals surface area contributed by atoms with Crippen molar-refractivity contribution in [2.24, 2.45) is 0 Å². The van der Waals surface area contributed by atoms with Crippen molar-refractivity contribution >= 4 is 11.9 Å². The van der Waals surface area contributed by atoms with E-state index in [1.54, 1.807) is 13.8 Å². The normalized spacial score (nSPS) is 23.9. The van der Waals surface area contributed by atoms with E-state index in [1.165, 1.54) is 0 Å². The van der Waals surface area contributed by atoms with E-state index in [0.29, 0.717) is 19.6 Å². The number of imide groups is 1. The van der Waals surface area contributed by atoms with Crippen molar-refractivity contribution in [1.29, 1.82) is 0 Å². The monoisotopic (exact) mass is 287 g/mol. The van der Waals surface area contributed by atoms with Gasteiger partial charge in [-0.2, -0.15) is 0 Å². The van der Waals surface area contributed by atoms with Gasteiger partial charge in [0.25, 0.3) is 0 Å². The Bertz CT molecular complexity index is 360. The summed E-state index contributed by atoms with van der Waals surface area (Å²) in [5.74, 6) is -0.356. The van der Waals surface area contributed by atoms with Crippen molar-refractivity contribution in [3.63, 3.8) is 0 Å². The molecule has 0 aliphatic carbocycles. The Morgan fingerprint density at radius 3 is 2.70 bits per heavy atom. The molecule has 0 bridgehead atoms. The van der Waals surface area contributed by atoms with Crippen molar-refractivity contribution in [2.45, 2.75) is 45.4 Å². The summed E-state index contributed by atoms with van der Waals surface area (Å²) in [7, 11) is 0. The molecule has 0 saturated carbocycles. The van der Waals surface area contributed by atoms with E-state index in [4.69, 9.17) is 4.74 Å². The molecule has 1 aliphatic heterocycles. The smallest absolute Gasteiger partial charge is 0.321 e. The summed E-state index contributed by atoms with van der Waals surface area (Å²) in [6.07, 6.45) is -0.321. The summed E-state index contributed by atoms with van der Waals surface area (Å²) in [5, 5.41) is 14.1. The number of morpholine rings is 1. The maximum atomic E-state index is 12.0. The number of amides is 3. The molecule has 1 aliphatic rings. The molecule has 0 spiro atoms. The Morgan fingerprint density at radius 1 is 1.50 bits per heavy atom. The van der Waals surface area contributed by atoms with Crippen molar-refractivity contribution in [1.82, 2.24) is 15.5 Å². The summed E-state index contributed by atoms with van der Waals surface area (Å²) >= 11 is 0. The van der Waals surface area contributed by atoms with Crippen LogP contribution in [0.15, 0.2) is 0 Å². The van der Waals surface area contributed by atoms with Gasteiger partial charge in [-0.1, -0.05) is 0 Å². The standard InChI is InChI=1S/C13H25N3O4/c1-5-14-12(19)15-11(18)9(2)16-6-10(7-17)20-13(3,4)8-16/h9-10,17H,5-8H2,1-4H3,(H2,14,15,18,19). The maximum Gasteiger partial charge on any atom is 0.321 e. The lowest BCUT2D eigenvalue weighted by Crippen LogP contribution is -2.59. The minimum Gasteiger partial charge on any atom is -0.394 e. The minimum atomic E-state index is -0.490. The lowest BCUT2D eigenvalue weighted by atomic mass is 10.0. The van der Waals surface area contributed by atoms with Crippen LogP contribution in [-0.2, 0) is 9.53 Å². The quantitative estimate of drug-likeness (QED) is 0.660. The Morgan fingerprint density at radius 2 is 2.15 bits per heavy atom. The van der Waals surface area contributed by atoms with E-state index in [1.807, 2.05) is 18.7 Å². The molecule has 3 N–H and O–H groups in total. The molecule has 20 heavy (non-hydrogen) atoms. The van der Waals surface area contributed by atoms with Crippen molar-refractivity contribution < 1.29 is 19.4 Å². The van der Waals surface area contributed by atoms with E-state index in [-0.39, 0.29) is 18.6 Å². The van der Waals surface area contributed by atoms with Crippen LogP contribution in [0, 0.1) is 0 Å². The number of rotatable bonds is 4. The Labute approximate surface area is 119 Å². The van der Waals surface area contributed by atoms with Gasteiger partial charge in [-0.05, 0) is 27.7 Å². The van der Waals surface area contributed by atoms with Crippen LogP contribution in [0.3, 0.4) is 0 Å². The summed E-state index contributed by atoms with van der Waals surface area (Å²) < 4.78 is 5.70. The molecule has 0 aromatic carbocycles. The fourth-order valence-electron chi connectivity index (χ4n) is 2.32. The zero-order chi connectivity index (χ0) is 15.3. The number of hydrogen-bond donors (Lipinski definition) is 3. The fourth-order valence-corrected chi connectivity index (χ4v) is 2.32. The highest BCUT2D eigenvalue weighted by Crippen LogP contribution is 2.22. The van der Waals surface area contributed by atoms with Gasteiger partial charge < -0.3 is 15.2 Å². The second-order valence-electron chi connectivity index (χ2n) is 5.64. The summed E-state index contributed by atoms with van der Waals surface area (Å²) in [6, 6.07) is -0.953. The average Bonchev–Trinajstić information content (AvgIpc) is 2.35. The van der Waals surface area contributed by atoms with Gasteiger partial charge in [0.1, 0.15) is 0 Å². The van der Waals surface area contributed by atoms with Crippen LogP contribution in [0.1, 0.15) is 27.7 Å². The van der Waals surface area contributed by atoms with Gasteiger partial charge in [0.05, 0.1) is 24.4 Å². The molecule has 1 fully saturated rings. The van der Waals surface area contributed by atoms with Crippen LogP contribution in [0.5, 0.6) is 0 Å². The third-order valence-corrected chi connectivity index (χ3v) is 3.21. The van der Waals surface area contributed by atoms with Gasteiger partial charge >= 0.3 is 6.03 Å². The molecule has 7 heteroatoms. The molecule has 0 radical (unpaired) electrons. The minimum absolute atomic E-state index is 0.0927. The van der Waals surface area contributed by atoms with E-state index in [9.17, 15) is 14.7 Å². The largest absolute Gasteiger partial charge is 0.394 e. The zero-order valence-electron chi connectivity index (χ0n) is 12.6. The number of urea groups is 1. The van der Waals surface area contributed by atoms with Gasteiger partial charge in [-0.15, -0.1) is 0 Å². The fraction of sp³-hybridized carbons (Fsp3) is 0.846. The van der Waals surface area contributed by atoms with Crippen LogP contribution in [0.2, 0.25) is 0 Å². The number of aliphatic hydroxyl groups excluding tert-OH is 1. The molecule has 0 aromatic rings. The van der Waals surface area contributed by atoms with E-state index < -0.39 is 17.7 Å². The second-order valence-corrected chi connectivity index (χ2v) is 5.64. The predicted molar refractivity (Wildman–Crippen MR) is 74.3 cm³/mol. The molecule has 7 nitrogen and oxygen atoms in total. The number of ether oxygens (including phenoxy) is 1. The average molecular weight is 287 g/mol. The zero-order valence-corrected chi connectivity index (χ0v) is 12.6. The Hall–Kier alpha value is -1.18. The summed E-state index contributed by atoms with van der Waals surface area (Å²) in [4.78, 5) is 25.3. The van der Waals surface area contributed by atoms with Crippen LogP contribution >= 0.6 is 0 Å². The maximum absolute atomic E-state index is 12.0. The number of hydrogen-bond acceptors (Lipinski definition) is 5. The molecule has 0 aromatic heterocycles. The van der Waals surface area contributed by atoms with E-state index in [2.05, 4.69) is 10.6 Å². The first-order chi connectivity index (χ1) is 9.29. The third-order valence-electron chi connectivity index (χ3n) is 3.21. The second kappa shape index (κ2) is 7.01. The van der Waals surface area contributed by atoms with Crippen molar-refractivity contribution in [3.8, 4) is 0 Å². The van der Waals surface area contributed by atoms with Gasteiger partial charge in [-0.3, -0.25) is 15.0 Å². The van der Waals surface area contributed by atoms with E-state index in [0.717, 1.165) is 0 Å². The van der Waals surface area contributed by atoms with Crippen molar-refractivity contribution in [2.75, 3.05) is 26.2 Å². The van der Waals surface area contributed by atoms with Crippen LogP contribution in [-0.4, -0.2) is 65.9 Å². The topological polar surface area (TPSA) is 90.9 Å². The Kier molecular flexibility index (Phi) is 5.91. The Balaban J connectivity index is 2.63. The highest BCUT2D eigenvalue weighted by atomic mass is 16.5. The van der Waals surface area contributed by atoms with Crippen molar-refractivity contribution in [3.05, 3.63) is 0 Å². The molecule has 1 saturated heterocycles. The first-order valence-electron chi connectivity index (χ1n) is 6.90. The number of carbonyl (C=O) groups excluding carboxylic acids is 2. The molecule has 2 unspecified atom stereocenters. The highest BCUT2D eigenvalue weighted by Gasteiger charge is 2.37. The highest BCUT2D eigenvalue weighted by molar-refractivity contribution is 5.96. The number of nitrogens with zero attached hydrogens (tertiary/aromatic N) is 1. The first-order valence-corrected chi connectivity index (χ1v) is 6.90. The molecule has 116 valence electrons. The lowest BCUT2D eigenvalue weighted by Gasteiger charge is -2.44. The molecular weight excluding hydrogens is 262 g/mol. The molecular formula is C13H25N3O4.